The van der Waals surface area contributed by atoms with Gasteiger partial charge in [0, 0.05) is 21.1 Å². The lowest BCUT2D eigenvalue weighted by atomic mass is 9.96. The number of carbonyl (C=O) groups is 1. The third-order valence-electron chi connectivity index (χ3n) is 3.55. The van der Waals surface area contributed by atoms with Gasteiger partial charge in [0.05, 0.1) is 5.56 Å². The van der Waals surface area contributed by atoms with E-state index in [-0.39, 0.29) is 5.91 Å². The third-order valence-corrected chi connectivity index (χ3v) is 4.99. The molecule has 0 spiro atoms. The summed E-state index contributed by atoms with van der Waals surface area (Å²) in [5, 5.41) is 3.22. The molecule has 1 aromatic carbocycles. The average molecular weight is 437 g/mol. The van der Waals surface area contributed by atoms with Crippen molar-refractivity contribution in [3.63, 3.8) is 0 Å². The topological polar surface area (TPSA) is 32.3 Å². The van der Waals surface area contributed by atoms with Crippen LogP contribution in [0, 0.1) is 9.49 Å². The van der Waals surface area contributed by atoms with Crippen molar-refractivity contribution in [3.05, 3.63) is 31.8 Å². The molecule has 0 atom stereocenters. The van der Waals surface area contributed by atoms with E-state index in [4.69, 9.17) is 0 Å². The number of piperidine rings is 1. The molecule has 5 heteroatoms. The number of nitrogens with one attached hydrogen (secondary N) is 1. The molecule has 0 aliphatic carbocycles. The fraction of sp³-hybridized carbons (Fsp3) is 0.500. The number of benzene rings is 1. The van der Waals surface area contributed by atoms with Gasteiger partial charge in [-0.15, -0.1) is 0 Å². The minimum absolute atomic E-state index is 0.161. The molecule has 0 radical (unpaired) electrons. The number of nitrogens with zero attached hydrogens (tertiary/aromatic N) is 1. The van der Waals surface area contributed by atoms with Crippen molar-refractivity contribution in [3.8, 4) is 0 Å². The monoisotopic (exact) mass is 436 g/mol. The SMILES string of the molecule is CNCC1CCN(C(=O)c2cc(Br)ccc2I)CC1. The van der Waals surface area contributed by atoms with Crippen molar-refractivity contribution in [2.45, 2.75) is 12.8 Å². The second kappa shape index (κ2) is 7.04. The number of hydrogen-bond acceptors (Lipinski definition) is 2. The van der Waals surface area contributed by atoms with Gasteiger partial charge in [0.1, 0.15) is 0 Å². The Kier molecular flexibility index (Phi) is 5.65. The van der Waals surface area contributed by atoms with Crippen LogP contribution in [-0.2, 0) is 0 Å². The van der Waals surface area contributed by atoms with E-state index in [1.54, 1.807) is 0 Å². The van der Waals surface area contributed by atoms with E-state index < -0.39 is 0 Å². The standard InChI is InChI=1S/C14H18BrIN2O/c1-17-9-10-4-6-18(7-5-10)14(19)12-8-11(15)2-3-13(12)16/h2-3,8,10,17H,4-7,9H2,1H3. The van der Waals surface area contributed by atoms with Crippen LogP contribution in [0.2, 0.25) is 0 Å². The fourth-order valence-electron chi connectivity index (χ4n) is 2.46. The third kappa shape index (κ3) is 3.92. The predicted octanol–water partition coefficient (Wildman–Crippen LogP) is 3.13. The Morgan fingerprint density at radius 2 is 2.16 bits per heavy atom. The lowest BCUT2D eigenvalue weighted by molar-refractivity contribution is 0.0690. The highest BCUT2D eigenvalue weighted by molar-refractivity contribution is 14.1. The first-order valence-corrected chi connectivity index (χ1v) is 8.38. The number of carbonyl (C=O) groups excluding carboxylic acids is 1. The van der Waals surface area contributed by atoms with Crippen LogP contribution >= 0.6 is 38.5 Å². The molecule has 1 saturated heterocycles. The molecule has 1 heterocycles. The summed E-state index contributed by atoms with van der Waals surface area (Å²) in [6, 6.07) is 5.87. The summed E-state index contributed by atoms with van der Waals surface area (Å²) in [4.78, 5) is 14.5. The smallest absolute Gasteiger partial charge is 0.254 e. The minimum atomic E-state index is 0.161. The Hall–Kier alpha value is -0.140. The second-order valence-electron chi connectivity index (χ2n) is 4.92. The zero-order valence-corrected chi connectivity index (χ0v) is 14.7. The van der Waals surface area contributed by atoms with E-state index in [1.165, 1.54) is 0 Å². The molecule has 3 nitrogen and oxygen atoms in total. The Bertz CT molecular complexity index is 459. The summed E-state index contributed by atoms with van der Waals surface area (Å²) in [5.74, 6) is 0.865. The summed E-state index contributed by atoms with van der Waals surface area (Å²) in [5.41, 5.74) is 0.807. The van der Waals surface area contributed by atoms with Gasteiger partial charge in [-0.1, -0.05) is 15.9 Å². The van der Waals surface area contributed by atoms with Crippen molar-refractivity contribution < 1.29 is 4.79 Å². The van der Waals surface area contributed by atoms with E-state index in [0.717, 1.165) is 46.1 Å². The summed E-state index contributed by atoms with van der Waals surface area (Å²) in [6.07, 6.45) is 2.19. The van der Waals surface area contributed by atoms with Crippen molar-refractivity contribution in [2.24, 2.45) is 5.92 Å². The Labute approximate surface area is 136 Å². The summed E-state index contributed by atoms with van der Waals surface area (Å²) in [7, 11) is 1.99. The molecule has 1 aliphatic heterocycles. The molecule has 104 valence electrons. The lowest BCUT2D eigenvalue weighted by Crippen LogP contribution is -2.40. The number of amides is 1. The van der Waals surface area contributed by atoms with E-state index in [9.17, 15) is 4.79 Å². The maximum absolute atomic E-state index is 12.5. The zero-order chi connectivity index (χ0) is 13.8. The van der Waals surface area contributed by atoms with Gasteiger partial charge >= 0.3 is 0 Å². The molecule has 0 unspecified atom stereocenters. The van der Waals surface area contributed by atoms with Crippen molar-refractivity contribution in [1.29, 1.82) is 0 Å². The largest absolute Gasteiger partial charge is 0.339 e. The van der Waals surface area contributed by atoms with Gasteiger partial charge in [-0.2, -0.15) is 0 Å². The first-order chi connectivity index (χ1) is 9.11. The van der Waals surface area contributed by atoms with Gasteiger partial charge in [-0.05, 0) is 73.1 Å². The number of rotatable bonds is 3. The average Bonchev–Trinajstić information content (AvgIpc) is 2.42. The van der Waals surface area contributed by atoms with Crippen LogP contribution in [0.15, 0.2) is 22.7 Å². The highest BCUT2D eigenvalue weighted by atomic mass is 127. The van der Waals surface area contributed by atoms with Gasteiger partial charge in [-0.25, -0.2) is 0 Å². The highest BCUT2D eigenvalue weighted by Crippen LogP contribution is 2.23. The second-order valence-corrected chi connectivity index (χ2v) is 7.00. The predicted molar refractivity (Wildman–Crippen MR) is 89.4 cm³/mol. The molecule has 0 aromatic heterocycles. The molecule has 2 rings (SSSR count). The lowest BCUT2D eigenvalue weighted by Gasteiger charge is -2.32. The van der Waals surface area contributed by atoms with Crippen molar-refractivity contribution in [1.82, 2.24) is 10.2 Å². The number of hydrogen-bond donors (Lipinski definition) is 1. The normalized spacial score (nSPS) is 16.7. The molecule has 1 N–H and O–H groups in total. The van der Waals surface area contributed by atoms with Crippen LogP contribution in [-0.4, -0.2) is 37.5 Å². The van der Waals surface area contributed by atoms with E-state index in [2.05, 4.69) is 43.8 Å². The first kappa shape index (κ1) is 15.3. The van der Waals surface area contributed by atoms with Gasteiger partial charge < -0.3 is 10.2 Å². The summed E-state index contributed by atoms with van der Waals surface area (Å²) < 4.78 is 1.98. The van der Waals surface area contributed by atoms with Crippen molar-refractivity contribution >= 4 is 44.4 Å². The molecule has 0 saturated carbocycles. The van der Waals surface area contributed by atoms with Crippen LogP contribution < -0.4 is 5.32 Å². The van der Waals surface area contributed by atoms with Gasteiger partial charge in [0.15, 0.2) is 0 Å². The highest BCUT2D eigenvalue weighted by Gasteiger charge is 2.24. The summed E-state index contributed by atoms with van der Waals surface area (Å²) in [6.45, 7) is 2.79. The molecule has 1 amide bonds. The fourth-order valence-corrected chi connectivity index (χ4v) is 3.39. The zero-order valence-electron chi connectivity index (χ0n) is 11.0. The molecule has 1 aromatic rings. The van der Waals surface area contributed by atoms with Crippen LogP contribution in [0.5, 0.6) is 0 Å². The molecule has 19 heavy (non-hydrogen) atoms. The molecule has 1 aliphatic rings. The van der Waals surface area contributed by atoms with Gasteiger partial charge in [0.2, 0.25) is 0 Å². The molecular weight excluding hydrogens is 419 g/mol. The van der Waals surface area contributed by atoms with Crippen LogP contribution in [0.3, 0.4) is 0 Å². The van der Waals surface area contributed by atoms with Crippen molar-refractivity contribution in [2.75, 3.05) is 26.7 Å². The Morgan fingerprint density at radius 1 is 1.47 bits per heavy atom. The van der Waals surface area contributed by atoms with Crippen LogP contribution in [0.25, 0.3) is 0 Å². The maximum Gasteiger partial charge on any atom is 0.254 e. The molecule has 1 fully saturated rings. The Morgan fingerprint density at radius 3 is 2.79 bits per heavy atom. The number of likely N-dealkylation sites (tertiary alicyclic amines) is 1. The minimum Gasteiger partial charge on any atom is -0.339 e. The molecular formula is C14H18BrIN2O. The number of halogens is 2. The van der Waals surface area contributed by atoms with Crippen LogP contribution in [0.4, 0.5) is 0 Å². The van der Waals surface area contributed by atoms with Crippen LogP contribution in [0.1, 0.15) is 23.2 Å². The van der Waals surface area contributed by atoms with E-state index in [1.807, 2.05) is 30.1 Å². The quantitative estimate of drug-likeness (QED) is 0.738. The van der Waals surface area contributed by atoms with Gasteiger partial charge in [-0.3, -0.25) is 4.79 Å². The van der Waals surface area contributed by atoms with E-state index >= 15 is 0 Å². The van der Waals surface area contributed by atoms with Gasteiger partial charge in [0.25, 0.3) is 5.91 Å². The Balaban J connectivity index is 2.03. The maximum atomic E-state index is 12.5. The van der Waals surface area contributed by atoms with E-state index in [0.29, 0.717) is 5.92 Å². The first-order valence-electron chi connectivity index (χ1n) is 6.50. The summed E-state index contributed by atoms with van der Waals surface area (Å²) >= 11 is 5.66. The molecule has 0 bridgehead atoms.